The van der Waals surface area contributed by atoms with Crippen LogP contribution in [0.15, 0.2) is 18.2 Å². The molecule has 0 aromatic heterocycles. The molecule has 0 fully saturated rings. The third-order valence-corrected chi connectivity index (χ3v) is 4.08. The molecule has 3 nitrogen and oxygen atoms in total. The van der Waals surface area contributed by atoms with Crippen LogP contribution in [0.5, 0.6) is 0 Å². The lowest BCUT2D eigenvalue weighted by atomic mass is 9.99. The fraction of sp³-hybridized carbons (Fsp3) is 0.588. The zero-order valence-electron chi connectivity index (χ0n) is 13.1. The molecule has 1 aromatic rings. The number of rotatable bonds is 5. The van der Waals surface area contributed by atoms with Crippen molar-refractivity contribution in [1.29, 1.82) is 0 Å². The average molecular weight is 311 g/mol. The maximum absolute atomic E-state index is 12.3. The van der Waals surface area contributed by atoms with Gasteiger partial charge in [-0.05, 0) is 62.0 Å². The van der Waals surface area contributed by atoms with Gasteiger partial charge in [-0.25, -0.2) is 0 Å². The molecule has 1 unspecified atom stereocenters. The SMILES string of the molecule is CCCC(CC)NC(=O)c1ccc2c(c1)CCNCC2.Cl. The van der Waals surface area contributed by atoms with Gasteiger partial charge in [0.2, 0.25) is 0 Å². The van der Waals surface area contributed by atoms with Crippen LogP contribution in [0.3, 0.4) is 0 Å². The molecule has 0 saturated heterocycles. The number of hydrogen-bond acceptors (Lipinski definition) is 2. The first-order chi connectivity index (χ1) is 9.74. The van der Waals surface area contributed by atoms with Crippen LogP contribution in [-0.2, 0) is 12.8 Å². The van der Waals surface area contributed by atoms with Crippen LogP contribution in [0, 0.1) is 0 Å². The zero-order chi connectivity index (χ0) is 14.4. The highest BCUT2D eigenvalue weighted by Crippen LogP contribution is 2.16. The number of fused-ring (bicyclic) bond motifs is 1. The second-order valence-electron chi connectivity index (χ2n) is 5.60. The van der Waals surface area contributed by atoms with Gasteiger partial charge in [0.1, 0.15) is 0 Å². The second kappa shape index (κ2) is 9.06. The first kappa shape index (κ1) is 18.0. The molecule has 21 heavy (non-hydrogen) atoms. The van der Waals surface area contributed by atoms with Gasteiger partial charge in [-0.3, -0.25) is 4.79 Å². The van der Waals surface area contributed by atoms with Gasteiger partial charge >= 0.3 is 0 Å². The Morgan fingerprint density at radius 2 is 1.95 bits per heavy atom. The Kier molecular flexibility index (Phi) is 7.76. The van der Waals surface area contributed by atoms with Crippen molar-refractivity contribution in [1.82, 2.24) is 10.6 Å². The van der Waals surface area contributed by atoms with Crippen molar-refractivity contribution in [3.8, 4) is 0 Å². The highest BCUT2D eigenvalue weighted by molar-refractivity contribution is 5.94. The van der Waals surface area contributed by atoms with E-state index in [-0.39, 0.29) is 18.3 Å². The highest BCUT2D eigenvalue weighted by atomic mass is 35.5. The Morgan fingerprint density at radius 1 is 1.24 bits per heavy atom. The summed E-state index contributed by atoms with van der Waals surface area (Å²) in [6.07, 6.45) is 5.23. The molecule has 4 heteroatoms. The first-order valence-corrected chi connectivity index (χ1v) is 7.88. The van der Waals surface area contributed by atoms with E-state index in [1.807, 2.05) is 6.07 Å². The molecule has 1 heterocycles. The predicted octanol–water partition coefficient (Wildman–Crippen LogP) is 3.11. The van der Waals surface area contributed by atoms with E-state index in [1.165, 1.54) is 11.1 Å². The summed E-state index contributed by atoms with van der Waals surface area (Å²) >= 11 is 0. The van der Waals surface area contributed by atoms with E-state index >= 15 is 0 Å². The minimum absolute atomic E-state index is 0. The Hall–Kier alpha value is -1.06. The molecule has 1 atom stereocenters. The summed E-state index contributed by atoms with van der Waals surface area (Å²) in [4.78, 5) is 12.3. The van der Waals surface area contributed by atoms with Crippen LogP contribution >= 0.6 is 12.4 Å². The summed E-state index contributed by atoms with van der Waals surface area (Å²) in [6, 6.07) is 6.47. The van der Waals surface area contributed by atoms with Gasteiger partial charge in [0, 0.05) is 11.6 Å². The van der Waals surface area contributed by atoms with Crippen LogP contribution < -0.4 is 10.6 Å². The van der Waals surface area contributed by atoms with E-state index in [0.717, 1.165) is 50.8 Å². The second-order valence-corrected chi connectivity index (χ2v) is 5.60. The van der Waals surface area contributed by atoms with Crippen molar-refractivity contribution < 1.29 is 4.79 Å². The van der Waals surface area contributed by atoms with E-state index in [0.29, 0.717) is 6.04 Å². The van der Waals surface area contributed by atoms with E-state index in [4.69, 9.17) is 0 Å². The summed E-state index contributed by atoms with van der Waals surface area (Å²) in [5, 5.41) is 6.55. The summed E-state index contributed by atoms with van der Waals surface area (Å²) < 4.78 is 0. The van der Waals surface area contributed by atoms with Crippen LogP contribution in [0.4, 0.5) is 0 Å². The molecule has 0 radical (unpaired) electrons. The largest absolute Gasteiger partial charge is 0.349 e. The lowest BCUT2D eigenvalue weighted by molar-refractivity contribution is 0.0933. The summed E-state index contributed by atoms with van der Waals surface area (Å²) in [7, 11) is 0. The van der Waals surface area contributed by atoms with Crippen LogP contribution in [0.2, 0.25) is 0 Å². The lowest BCUT2D eigenvalue weighted by Crippen LogP contribution is -2.34. The fourth-order valence-electron chi connectivity index (χ4n) is 2.81. The van der Waals surface area contributed by atoms with Crippen LogP contribution in [0.25, 0.3) is 0 Å². The number of halogens is 1. The molecular formula is C17H27ClN2O. The minimum Gasteiger partial charge on any atom is -0.349 e. The summed E-state index contributed by atoms with van der Waals surface area (Å²) in [5.74, 6) is 0.0744. The molecule has 0 bridgehead atoms. The number of amides is 1. The number of hydrogen-bond donors (Lipinski definition) is 2. The normalized spacial score (nSPS) is 15.3. The number of carbonyl (C=O) groups excluding carboxylic acids is 1. The van der Waals surface area contributed by atoms with E-state index in [2.05, 4.69) is 36.6 Å². The van der Waals surface area contributed by atoms with Crippen LogP contribution in [0.1, 0.15) is 54.6 Å². The third kappa shape index (κ3) is 5.01. The number of carbonyl (C=O) groups is 1. The standard InChI is InChI=1S/C17H26N2O.ClH/c1-3-5-16(4-2)19-17(20)15-7-6-13-8-10-18-11-9-14(13)12-15;/h6-7,12,16,18H,3-5,8-11H2,1-2H3,(H,19,20);1H. The lowest BCUT2D eigenvalue weighted by Gasteiger charge is -2.16. The van der Waals surface area contributed by atoms with Crippen molar-refractivity contribution >= 4 is 18.3 Å². The van der Waals surface area contributed by atoms with Gasteiger partial charge in [0.15, 0.2) is 0 Å². The maximum atomic E-state index is 12.3. The van der Waals surface area contributed by atoms with Gasteiger partial charge in [-0.15, -0.1) is 12.4 Å². The zero-order valence-corrected chi connectivity index (χ0v) is 13.9. The first-order valence-electron chi connectivity index (χ1n) is 7.88. The molecule has 2 rings (SSSR count). The van der Waals surface area contributed by atoms with Gasteiger partial charge < -0.3 is 10.6 Å². The molecule has 1 amide bonds. The Morgan fingerprint density at radius 3 is 2.62 bits per heavy atom. The smallest absolute Gasteiger partial charge is 0.251 e. The summed E-state index contributed by atoms with van der Waals surface area (Å²) in [6.45, 7) is 6.33. The molecule has 118 valence electrons. The van der Waals surface area contributed by atoms with Crippen molar-refractivity contribution in [3.05, 3.63) is 34.9 Å². The monoisotopic (exact) mass is 310 g/mol. The van der Waals surface area contributed by atoms with Crippen molar-refractivity contribution in [2.75, 3.05) is 13.1 Å². The van der Waals surface area contributed by atoms with E-state index in [9.17, 15) is 4.79 Å². The van der Waals surface area contributed by atoms with Crippen molar-refractivity contribution in [2.45, 2.75) is 52.0 Å². The topological polar surface area (TPSA) is 41.1 Å². The molecule has 1 aliphatic rings. The van der Waals surface area contributed by atoms with Gasteiger partial charge in [-0.2, -0.15) is 0 Å². The van der Waals surface area contributed by atoms with Crippen molar-refractivity contribution in [3.63, 3.8) is 0 Å². The molecule has 0 aliphatic carbocycles. The molecule has 1 aromatic carbocycles. The Labute approximate surface area is 134 Å². The average Bonchev–Trinajstić information content (AvgIpc) is 2.71. The quantitative estimate of drug-likeness (QED) is 0.877. The predicted molar refractivity (Wildman–Crippen MR) is 90.4 cm³/mol. The molecule has 0 saturated carbocycles. The molecule has 1 aliphatic heterocycles. The highest BCUT2D eigenvalue weighted by Gasteiger charge is 2.14. The number of benzene rings is 1. The minimum atomic E-state index is 0. The van der Waals surface area contributed by atoms with Gasteiger partial charge in [-0.1, -0.05) is 26.3 Å². The van der Waals surface area contributed by atoms with E-state index in [1.54, 1.807) is 0 Å². The number of nitrogens with one attached hydrogen (secondary N) is 2. The fourth-order valence-corrected chi connectivity index (χ4v) is 2.81. The van der Waals surface area contributed by atoms with E-state index < -0.39 is 0 Å². The maximum Gasteiger partial charge on any atom is 0.251 e. The van der Waals surface area contributed by atoms with Crippen molar-refractivity contribution in [2.24, 2.45) is 0 Å². The molecule has 0 spiro atoms. The van der Waals surface area contributed by atoms with Crippen LogP contribution in [-0.4, -0.2) is 25.0 Å². The van der Waals surface area contributed by atoms with Gasteiger partial charge in [0.05, 0.1) is 0 Å². The molecule has 2 N–H and O–H groups in total. The van der Waals surface area contributed by atoms with Gasteiger partial charge in [0.25, 0.3) is 5.91 Å². The summed E-state index contributed by atoms with van der Waals surface area (Å²) in [5.41, 5.74) is 3.51. The Balaban J connectivity index is 0.00000220. The molecular weight excluding hydrogens is 284 g/mol. The third-order valence-electron chi connectivity index (χ3n) is 4.08. The Bertz CT molecular complexity index is 462.